The van der Waals surface area contributed by atoms with Gasteiger partial charge >= 0.3 is 0 Å². The van der Waals surface area contributed by atoms with Crippen LogP contribution in [0.2, 0.25) is 0 Å². The third kappa shape index (κ3) is 3.55. The first-order chi connectivity index (χ1) is 8.65. The first-order valence-corrected chi connectivity index (χ1v) is 5.94. The summed E-state index contributed by atoms with van der Waals surface area (Å²) in [4.78, 5) is 2.60. The van der Waals surface area contributed by atoms with Gasteiger partial charge < -0.3 is 24.8 Å². The van der Waals surface area contributed by atoms with Gasteiger partial charge in [-0.2, -0.15) is 0 Å². The molecule has 5 atom stereocenters. The molecule has 0 aromatic rings. The maximum absolute atomic E-state index is 9.94. The molecule has 1 rings (SSSR count). The lowest BCUT2D eigenvalue weighted by atomic mass is 9.97. The Bertz CT molecular complexity index is 297. The van der Waals surface area contributed by atoms with Gasteiger partial charge in [0, 0.05) is 11.5 Å². The SMILES string of the molecule is CCCCO[C@@H]1C(N=[N+]=[N-])[C@H](O)OC(CO)[C@H]1O. The van der Waals surface area contributed by atoms with E-state index in [1.807, 2.05) is 6.92 Å². The van der Waals surface area contributed by atoms with E-state index in [4.69, 9.17) is 20.1 Å². The highest BCUT2D eigenvalue weighted by Crippen LogP contribution is 2.25. The Labute approximate surface area is 105 Å². The topological polar surface area (TPSA) is 128 Å². The van der Waals surface area contributed by atoms with Crippen LogP contribution in [0.3, 0.4) is 0 Å². The first-order valence-electron chi connectivity index (χ1n) is 5.94. The van der Waals surface area contributed by atoms with Crippen LogP contribution in [0, 0.1) is 0 Å². The smallest absolute Gasteiger partial charge is 0.166 e. The second kappa shape index (κ2) is 7.52. The molecule has 0 bridgehead atoms. The molecule has 0 spiro atoms. The molecule has 1 heterocycles. The van der Waals surface area contributed by atoms with Crippen LogP contribution >= 0.6 is 0 Å². The molecule has 8 nitrogen and oxygen atoms in total. The minimum atomic E-state index is -1.40. The third-order valence-electron chi connectivity index (χ3n) is 2.83. The molecule has 3 N–H and O–H groups in total. The summed E-state index contributed by atoms with van der Waals surface area (Å²) >= 11 is 0. The molecular formula is C10H19N3O5. The van der Waals surface area contributed by atoms with Crippen molar-refractivity contribution in [2.45, 2.75) is 50.4 Å². The van der Waals surface area contributed by atoms with Gasteiger partial charge in [-0.05, 0) is 12.0 Å². The van der Waals surface area contributed by atoms with Gasteiger partial charge in [0.2, 0.25) is 0 Å². The number of rotatable bonds is 6. The van der Waals surface area contributed by atoms with Gasteiger partial charge in [-0.15, -0.1) is 0 Å². The molecule has 0 aliphatic carbocycles. The summed E-state index contributed by atoms with van der Waals surface area (Å²) in [5.74, 6) is 0. The Kier molecular flexibility index (Phi) is 6.34. The lowest BCUT2D eigenvalue weighted by Gasteiger charge is -2.40. The maximum atomic E-state index is 9.94. The predicted molar refractivity (Wildman–Crippen MR) is 61.6 cm³/mol. The number of azide groups is 1. The Morgan fingerprint density at radius 3 is 2.72 bits per heavy atom. The van der Waals surface area contributed by atoms with Gasteiger partial charge in [-0.25, -0.2) is 0 Å². The zero-order valence-electron chi connectivity index (χ0n) is 10.2. The number of hydrogen-bond donors (Lipinski definition) is 3. The van der Waals surface area contributed by atoms with E-state index in [9.17, 15) is 10.2 Å². The Morgan fingerprint density at radius 1 is 1.44 bits per heavy atom. The van der Waals surface area contributed by atoms with Crippen LogP contribution < -0.4 is 0 Å². The molecule has 0 amide bonds. The van der Waals surface area contributed by atoms with Crippen LogP contribution in [-0.4, -0.2) is 59.2 Å². The van der Waals surface area contributed by atoms with Crippen LogP contribution in [0.1, 0.15) is 19.8 Å². The Hall–Kier alpha value is -0.890. The Morgan fingerprint density at radius 2 is 2.17 bits per heavy atom. The summed E-state index contributed by atoms with van der Waals surface area (Å²) < 4.78 is 10.4. The highest BCUT2D eigenvalue weighted by Gasteiger charge is 2.44. The first kappa shape index (κ1) is 15.2. The predicted octanol–water partition coefficient (Wildman–Crippen LogP) is -0.0790. The number of nitrogens with zero attached hydrogens (tertiary/aromatic N) is 3. The summed E-state index contributed by atoms with van der Waals surface area (Å²) in [6.07, 6.45) is -2.67. The summed E-state index contributed by atoms with van der Waals surface area (Å²) in [7, 11) is 0. The molecule has 0 radical (unpaired) electrons. The summed E-state index contributed by atoms with van der Waals surface area (Å²) in [5.41, 5.74) is 8.44. The fourth-order valence-corrected chi connectivity index (χ4v) is 1.81. The van der Waals surface area contributed by atoms with Gasteiger partial charge in [-0.3, -0.25) is 0 Å². The van der Waals surface area contributed by atoms with E-state index < -0.39 is 37.3 Å². The maximum Gasteiger partial charge on any atom is 0.166 e. The molecule has 18 heavy (non-hydrogen) atoms. The summed E-state index contributed by atoms with van der Waals surface area (Å²) in [5, 5.41) is 32.0. The zero-order valence-corrected chi connectivity index (χ0v) is 10.2. The van der Waals surface area contributed by atoms with Crippen molar-refractivity contribution in [1.82, 2.24) is 0 Å². The van der Waals surface area contributed by atoms with E-state index in [-0.39, 0.29) is 0 Å². The minimum absolute atomic E-state index is 0.376. The highest BCUT2D eigenvalue weighted by atomic mass is 16.6. The average molecular weight is 261 g/mol. The number of unbranched alkanes of at least 4 members (excludes halogenated alkanes) is 1. The second-order valence-corrected chi connectivity index (χ2v) is 4.12. The van der Waals surface area contributed by atoms with Crippen LogP contribution in [-0.2, 0) is 9.47 Å². The summed E-state index contributed by atoms with van der Waals surface area (Å²) in [6, 6.07) is -1.02. The van der Waals surface area contributed by atoms with Crippen molar-refractivity contribution in [2.24, 2.45) is 5.11 Å². The second-order valence-electron chi connectivity index (χ2n) is 4.12. The Balaban J connectivity index is 2.76. The van der Waals surface area contributed by atoms with Crippen molar-refractivity contribution in [1.29, 1.82) is 0 Å². The largest absolute Gasteiger partial charge is 0.394 e. The average Bonchev–Trinajstić information content (AvgIpc) is 2.37. The van der Waals surface area contributed by atoms with Crippen molar-refractivity contribution >= 4 is 0 Å². The molecule has 2 unspecified atom stereocenters. The van der Waals surface area contributed by atoms with E-state index in [0.29, 0.717) is 6.61 Å². The van der Waals surface area contributed by atoms with Gasteiger partial charge in [-0.1, -0.05) is 18.5 Å². The third-order valence-corrected chi connectivity index (χ3v) is 2.83. The fraction of sp³-hybridized carbons (Fsp3) is 1.00. The molecule has 1 aliphatic heterocycles. The van der Waals surface area contributed by atoms with Gasteiger partial charge in [0.05, 0.1) is 12.7 Å². The number of hydrogen-bond acceptors (Lipinski definition) is 6. The quantitative estimate of drug-likeness (QED) is 0.266. The normalized spacial score (nSPS) is 36.1. The van der Waals surface area contributed by atoms with E-state index in [0.717, 1.165) is 12.8 Å². The van der Waals surface area contributed by atoms with Crippen LogP contribution in [0.5, 0.6) is 0 Å². The van der Waals surface area contributed by atoms with Gasteiger partial charge in [0.25, 0.3) is 0 Å². The van der Waals surface area contributed by atoms with Gasteiger partial charge in [0.1, 0.15) is 18.2 Å². The molecule has 1 fully saturated rings. The minimum Gasteiger partial charge on any atom is -0.394 e. The van der Waals surface area contributed by atoms with Crippen molar-refractivity contribution < 1.29 is 24.8 Å². The molecule has 0 aromatic heterocycles. The molecule has 1 aliphatic rings. The fourth-order valence-electron chi connectivity index (χ4n) is 1.81. The molecule has 1 saturated heterocycles. The number of ether oxygens (including phenoxy) is 2. The van der Waals surface area contributed by atoms with Gasteiger partial charge in [0.15, 0.2) is 6.29 Å². The van der Waals surface area contributed by atoms with Crippen molar-refractivity contribution in [2.75, 3.05) is 13.2 Å². The monoisotopic (exact) mass is 261 g/mol. The van der Waals surface area contributed by atoms with E-state index >= 15 is 0 Å². The number of aliphatic hydroxyl groups excluding tert-OH is 3. The molecule has 104 valence electrons. The van der Waals surface area contributed by atoms with Crippen LogP contribution in [0.25, 0.3) is 10.4 Å². The lowest BCUT2D eigenvalue weighted by molar-refractivity contribution is -0.257. The van der Waals surface area contributed by atoms with Crippen molar-refractivity contribution in [3.63, 3.8) is 0 Å². The molecule has 8 heteroatoms. The summed E-state index contributed by atoms with van der Waals surface area (Å²) in [6.45, 7) is 1.91. The van der Waals surface area contributed by atoms with E-state index in [2.05, 4.69) is 10.0 Å². The van der Waals surface area contributed by atoms with Crippen molar-refractivity contribution in [3.05, 3.63) is 10.4 Å². The zero-order chi connectivity index (χ0) is 13.5. The molecule has 0 aromatic carbocycles. The number of aliphatic hydroxyl groups is 3. The highest BCUT2D eigenvalue weighted by molar-refractivity contribution is 4.94. The van der Waals surface area contributed by atoms with Crippen molar-refractivity contribution in [3.8, 4) is 0 Å². The standard InChI is InChI=1S/C10H19N3O5/c1-2-3-4-17-9-7(12-13-11)10(16)18-6(5-14)8(9)15/h6-10,14-16H,2-5H2,1H3/t6?,7?,8-,9-,10-/m1/s1. The van der Waals surface area contributed by atoms with E-state index in [1.54, 1.807) is 0 Å². The molecule has 0 saturated carbocycles. The van der Waals surface area contributed by atoms with Crippen LogP contribution in [0.15, 0.2) is 5.11 Å². The molecular weight excluding hydrogens is 242 g/mol. The van der Waals surface area contributed by atoms with E-state index in [1.165, 1.54) is 0 Å². The van der Waals surface area contributed by atoms with Crippen LogP contribution in [0.4, 0.5) is 0 Å². The lowest BCUT2D eigenvalue weighted by Crippen LogP contribution is -2.58.